The van der Waals surface area contributed by atoms with Gasteiger partial charge in [-0.3, -0.25) is 4.90 Å². The highest BCUT2D eigenvalue weighted by atomic mass is 16.6. The highest BCUT2D eigenvalue weighted by Crippen LogP contribution is 2.18. The van der Waals surface area contributed by atoms with Crippen molar-refractivity contribution in [3.05, 3.63) is 17.9 Å². The summed E-state index contributed by atoms with van der Waals surface area (Å²) in [4.78, 5) is 14.2. The maximum absolute atomic E-state index is 12.1. The normalized spacial score (nSPS) is 12.3. The molecule has 1 rings (SSSR count). The number of carbonyl (C=O) groups is 1. The standard InChI is InChI=1S/C21H37NO4/c1-5-8-9-10-11-12-13-14-17-24-20-16-15-19(26-20)21(23)25-18(4)22(6-2)7-3/h15-16,18H,5-14,17H2,1-4H3. The van der Waals surface area contributed by atoms with Gasteiger partial charge in [-0.1, -0.05) is 65.7 Å². The molecule has 0 aliphatic heterocycles. The van der Waals surface area contributed by atoms with Gasteiger partial charge in [0.25, 0.3) is 5.95 Å². The maximum atomic E-state index is 12.1. The predicted octanol–water partition coefficient (Wildman–Crippen LogP) is 5.64. The number of hydrogen-bond donors (Lipinski definition) is 0. The Kier molecular flexibility index (Phi) is 11.9. The first-order valence-electron chi connectivity index (χ1n) is 10.3. The molecule has 0 radical (unpaired) electrons. The van der Waals surface area contributed by atoms with Crippen LogP contribution in [0.2, 0.25) is 0 Å². The molecule has 26 heavy (non-hydrogen) atoms. The number of ether oxygens (including phenoxy) is 2. The Balaban J connectivity index is 2.21. The summed E-state index contributed by atoms with van der Waals surface area (Å²) in [5.41, 5.74) is 0. The van der Waals surface area contributed by atoms with Crippen molar-refractivity contribution in [1.29, 1.82) is 0 Å². The first kappa shape index (κ1) is 22.6. The van der Waals surface area contributed by atoms with E-state index in [1.807, 2.05) is 20.8 Å². The Hall–Kier alpha value is -1.49. The lowest BCUT2D eigenvalue weighted by molar-refractivity contribution is -0.0225. The van der Waals surface area contributed by atoms with E-state index < -0.39 is 5.97 Å². The molecule has 0 spiro atoms. The molecule has 0 aliphatic rings. The summed E-state index contributed by atoms with van der Waals surface area (Å²) in [6.07, 6.45) is 9.80. The monoisotopic (exact) mass is 367 g/mol. The second-order valence-corrected chi connectivity index (χ2v) is 6.67. The Morgan fingerprint density at radius 2 is 1.62 bits per heavy atom. The van der Waals surface area contributed by atoms with Crippen LogP contribution in [0, 0.1) is 0 Å². The quantitative estimate of drug-likeness (QED) is 0.228. The van der Waals surface area contributed by atoms with Crippen LogP contribution in [0.3, 0.4) is 0 Å². The number of furan rings is 1. The Morgan fingerprint density at radius 3 is 2.23 bits per heavy atom. The fourth-order valence-electron chi connectivity index (χ4n) is 2.94. The molecule has 150 valence electrons. The SMILES string of the molecule is CCCCCCCCCCOc1ccc(C(=O)OC(C)N(CC)CC)o1. The van der Waals surface area contributed by atoms with E-state index in [1.165, 1.54) is 44.9 Å². The smallest absolute Gasteiger partial charge is 0.375 e. The van der Waals surface area contributed by atoms with Crippen LogP contribution in [0.25, 0.3) is 0 Å². The molecule has 0 saturated carbocycles. The third-order valence-corrected chi connectivity index (χ3v) is 4.63. The Morgan fingerprint density at radius 1 is 1.00 bits per heavy atom. The van der Waals surface area contributed by atoms with Crippen LogP contribution in [-0.4, -0.2) is 36.8 Å². The molecule has 1 atom stereocenters. The first-order valence-corrected chi connectivity index (χ1v) is 10.3. The van der Waals surface area contributed by atoms with Gasteiger partial charge in [0.2, 0.25) is 5.76 Å². The van der Waals surface area contributed by atoms with Crippen LogP contribution in [-0.2, 0) is 4.74 Å². The molecule has 1 heterocycles. The zero-order chi connectivity index (χ0) is 19.2. The third-order valence-electron chi connectivity index (χ3n) is 4.63. The number of carbonyl (C=O) groups excluding carboxylic acids is 1. The molecule has 0 N–H and O–H groups in total. The van der Waals surface area contributed by atoms with Crippen LogP contribution in [0.15, 0.2) is 16.5 Å². The van der Waals surface area contributed by atoms with Gasteiger partial charge in [-0.05, 0) is 32.5 Å². The minimum absolute atomic E-state index is 0.190. The van der Waals surface area contributed by atoms with Crippen molar-refractivity contribution >= 4 is 5.97 Å². The number of nitrogens with zero attached hydrogens (tertiary/aromatic N) is 1. The molecule has 0 fully saturated rings. The van der Waals surface area contributed by atoms with Crippen molar-refractivity contribution in [2.75, 3.05) is 19.7 Å². The van der Waals surface area contributed by atoms with Crippen LogP contribution in [0.1, 0.15) is 89.6 Å². The molecule has 0 aromatic carbocycles. The summed E-state index contributed by atoms with van der Waals surface area (Å²) in [6, 6.07) is 3.30. The number of esters is 1. The van der Waals surface area contributed by atoms with E-state index in [0.717, 1.165) is 19.5 Å². The molecule has 0 saturated heterocycles. The van der Waals surface area contributed by atoms with E-state index in [-0.39, 0.29) is 12.0 Å². The minimum Gasteiger partial charge on any atom is -0.465 e. The average Bonchev–Trinajstić information content (AvgIpc) is 3.10. The van der Waals surface area contributed by atoms with Crippen molar-refractivity contribution in [2.45, 2.75) is 85.3 Å². The predicted molar refractivity (Wildman–Crippen MR) is 105 cm³/mol. The highest BCUT2D eigenvalue weighted by Gasteiger charge is 2.19. The van der Waals surface area contributed by atoms with Crippen molar-refractivity contribution in [3.8, 4) is 5.95 Å². The lowest BCUT2D eigenvalue weighted by atomic mass is 10.1. The second kappa shape index (κ2) is 13.7. The number of unbranched alkanes of at least 4 members (excludes halogenated alkanes) is 7. The molecule has 0 bridgehead atoms. The van der Waals surface area contributed by atoms with Crippen molar-refractivity contribution < 1.29 is 18.7 Å². The van der Waals surface area contributed by atoms with Gasteiger partial charge in [0.1, 0.15) is 0 Å². The van der Waals surface area contributed by atoms with Gasteiger partial charge < -0.3 is 13.9 Å². The average molecular weight is 368 g/mol. The number of hydrogen-bond acceptors (Lipinski definition) is 5. The van der Waals surface area contributed by atoms with Gasteiger partial charge in [-0.25, -0.2) is 4.79 Å². The summed E-state index contributed by atoms with van der Waals surface area (Å²) < 4.78 is 16.5. The Labute approximate surface area is 159 Å². The first-order chi connectivity index (χ1) is 12.6. The van der Waals surface area contributed by atoms with Crippen molar-refractivity contribution in [2.24, 2.45) is 0 Å². The third kappa shape index (κ3) is 8.75. The lowest BCUT2D eigenvalue weighted by Crippen LogP contribution is -2.36. The van der Waals surface area contributed by atoms with Crippen LogP contribution >= 0.6 is 0 Å². The van der Waals surface area contributed by atoms with Crippen LogP contribution in [0.5, 0.6) is 5.95 Å². The summed E-state index contributed by atoms with van der Waals surface area (Å²) in [7, 11) is 0. The van der Waals surface area contributed by atoms with Crippen molar-refractivity contribution in [1.82, 2.24) is 4.90 Å². The lowest BCUT2D eigenvalue weighted by Gasteiger charge is -2.25. The molecule has 0 aliphatic carbocycles. The van der Waals surface area contributed by atoms with Crippen molar-refractivity contribution in [3.63, 3.8) is 0 Å². The minimum atomic E-state index is -0.452. The molecule has 5 nitrogen and oxygen atoms in total. The van der Waals surface area contributed by atoms with E-state index in [0.29, 0.717) is 12.6 Å². The summed E-state index contributed by atoms with van der Waals surface area (Å²) >= 11 is 0. The summed E-state index contributed by atoms with van der Waals surface area (Å²) in [5.74, 6) is 0.122. The van der Waals surface area contributed by atoms with E-state index in [1.54, 1.807) is 12.1 Å². The molecule has 1 aromatic rings. The zero-order valence-corrected chi connectivity index (χ0v) is 17.1. The van der Waals surface area contributed by atoms with E-state index in [4.69, 9.17) is 13.9 Å². The molecular weight excluding hydrogens is 330 g/mol. The van der Waals surface area contributed by atoms with Gasteiger partial charge >= 0.3 is 5.97 Å². The van der Waals surface area contributed by atoms with E-state index >= 15 is 0 Å². The number of rotatable bonds is 15. The second-order valence-electron chi connectivity index (χ2n) is 6.67. The molecular formula is C21H37NO4. The Bertz CT molecular complexity index is 482. The molecule has 1 unspecified atom stereocenters. The van der Waals surface area contributed by atoms with Gasteiger partial charge in [-0.15, -0.1) is 0 Å². The van der Waals surface area contributed by atoms with Crippen LogP contribution in [0.4, 0.5) is 0 Å². The van der Waals surface area contributed by atoms with Gasteiger partial charge in [0, 0.05) is 6.07 Å². The van der Waals surface area contributed by atoms with E-state index in [9.17, 15) is 4.79 Å². The highest BCUT2D eigenvalue weighted by molar-refractivity contribution is 5.86. The molecule has 0 amide bonds. The van der Waals surface area contributed by atoms with Crippen LogP contribution < -0.4 is 4.74 Å². The zero-order valence-electron chi connectivity index (χ0n) is 17.1. The fraction of sp³-hybridized carbons (Fsp3) is 0.762. The van der Waals surface area contributed by atoms with Gasteiger partial charge in [0.15, 0.2) is 6.23 Å². The molecule has 5 heteroatoms. The summed E-state index contributed by atoms with van der Waals surface area (Å²) in [6.45, 7) is 10.5. The fourth-order valence-corrected chi connectivity index (χ4v) is 2.94. The summed E-state index contributed by atoms with van der Waals surface area (Å²) in [5, 5.41) is 0. The van der Waals surface area contributed by atoms with Gasteiger partial charge in [-0.2, -0.15) is 0 Å². The maximum Gasteiger partial charge on any atom is 0.375 e. The topological polar surface area (TPSA) is 51.9 Å². The van der Waals surface area contributed by atoms with Gasteiger partial charge in [0.05, 0.1) is 6.61 Å². The largest absolute Gasteiger partial charge is 0.465 e. The molecule has 1 aromatic heterocycles. The van der Waals surface area contributed by atoms with E-state index in [2.05, 4.69) is 11.8 Å².